The van der Waals surface area contributed by atoms with Gasteiger partial charge in [0.05, 0.1) is 11.0 Å². The van der Waals surface area contributed by atoms with Crippen molar-refractivity contribution in [3.05, 3.63) is 84.9 Å². The molecule has 154 valence electrons. The van der Waals surface area contributed by atoms with E-state index in [-0.39, 0.29) is 0 Å². The van der Waals surface area contributed by atoms with Crippen molar-refractivity contribution in [2.45, 2.75) is 0 Å². The van der Waals surface area contributed by atoms with Crippen LogP contribution in [0.3, 0.4) is 0 Å². The number of hydrogen-bond acceptors (Lipinski definition) is 4. The van der Waals surface area contributed by atoms with Crippen molar-refractivity contribution >= 4 is 67.0 Å². The van der Waals surface area contributed by atoms with Gasteiger partial charge in [-0.1, -0.05) is 48.5 Å². The lowest BCUT2D eigenvalue weighted by atomic mass is 10.1. The van der Waals surface area contributed by atoms with Gasteiger partial charge in [-0.3, -0.25) is 0 Å². The monoisotopic (exact) mass is 434 g/mol. The second-order valence-electron chi connectivity index (χ2n) is 7.70. The average molecular weight is 435 g/mol. The van der Waals surface area contributed by atoms with Gasteiger partial charge in [-0.25, -0.2) is 9.97 Å². The van der Waals surface area contributed by atoms with Crippen LogP contribution in [-0.4, -0.2) is 27.2 Å². The third-order valence-electron chi connectivity index (χ3n) is 5.67. The normalized spacial score (nSPS) is 11.4. The Bertz CT molecular complexity index is 1660. The predicted molar refractivity (Wildman–Crippen MR) is 134 cm³/mol. The van der Waals surface area contributed by atoms with Crippen molar-refractivity contribution in [1.82, 2.24) is 15.0 Å². The van der Waals surface area contributed by atoms with Crippen LogP contribution in [0.1, 0.15) is 0 Å². The van der Waals surface area contributed by atoms with Gasteiger partial charge in [-0.2, -0.15) is 0 Å². The predicted octanol–water partition coefficient (Wildman–Crippen LogP) is 6.22. The number of para-hydroxylation sites is 1. The molecule has 0 aliphatic rings. The van der Waals surface area contributed by atoms with Gasteiger partial charge in [-0.15, -0.1) is 0 Å². The number of aromatic nitrogens is 3. The van der Waals surface area contributed by atoms with E-state index in [9.17, 15) is 0 Å². The van der Waals surface area contributed by atoms with Crippen molar-refractivity contribution in [2.24, 2.45) is 0 Å². The Morgan fingerprint density at radius 1 is 0.844 bits per heavy atom. The van der Waals surface area contributed by atoms with Crippen LogP contribution in [-0.2, 0) is 0 Å². The fourth-order valence-electron chi connectivity index (χ4n) is 3.96. The minimum atomic E-state index is 0.362. The van der Waals surface area contributed by atoms with E-state index >= 15 is 0 Å². The highest BCUT2D eigenvalue weighted by atomic mass is 32.1. The summed E-state index contributed by atoms with van der Waals surface area (Å²) in [4.78, 5) is 14.8. The topological polar surface area (TPSA) is 54.0 Å². The fraction of sp³-hybridized carbons (Fsp3) is 0.0385. The highest BCUT2D eigenvalue weighted by Crippen LogP contribution is 2.27. The molecule has 6 heteroatoms. The Morgan fingerprint density at radius 3 is 2.56 bits per heavy atom. The zero-order valence-corrected chi connectivity index (χ0v) is 18.1. The summed E-state index contributed by atoms with van der Waals surface area (Å²) in [5.41, 5.74) is 5.17. The first-order chi connectivity index (χ1) is 15.7. The van der Waals surface area contributed by atoms with E-state index < -0.39 is 0 Å². The molecule has 0 saturated carbocycles. The highest BCUT2D eigenvalue weighted by Gasteiger charge is 2.13. The van der Waals surface area contributed by atoms with Gasteiger partial charge >= 0.3 is 0 Å². The lowest BCUT2D eigenvalue weighted by Crippen LogP contribution is -2.29. The van der Waals surface area contributed by atoms with E-state index in [0.717, 1.165) is 44.2 Å². The second kappa shape index (κ2) is 7.28. The van der Waals surface area contributed by atoms with Crippen molar-refractivity contribution in [2.75, 3.05) is 11.9 Å². The van der Waals surface area contributed by atoms with Gasteiger partial charge in [0, 0.05) is 29.7 Å². The number of H-pyrrole nitrogens is 1. The number of aromatic amines is 1. The number of ether oxygens (including phenoxy) is 1. The molecule has 0 atom stereocenters. The summed E-state index contributed by atoms with van der Waals surface area (Å²) in [6, 6.07) is 28.2. The Balaban J connectivity index is 1.32. The van der Waals surface area contributed by atoms with Gasteiger partial charge in [0.15, 0.2) is 5.65 Å². The first-order valence-electron chi connectivity index (χ1n) is 10.3. The van der Waals surface area contributed by atoms with Gasteiger partial charge in [0.1, 0.15) is 11.3 Å². The molecule has 2 aromatic heterocycles. The lowest BCUT2D eigenvalue weighted by molar-refractivity contribution is 0.553. The molecule has 32 heavy (non-hydrogen) atoms. The number of hydrogen-bond donors (Lipinski definition) is 1. The number of thiocarbonyl (C=S) groups is 1. The van der Waals surface area contributed by atoms with Crippen LogP contribution in [0, 0.1) is 0 Å². The number of anilines is 1. The highest BCUT2D eigenvalue weighted by molar-refractivity contribution is 7.80. The molecule has 0 radical (unpaired) electrons. The zero-order valence-electron chi connectivity index (χ0n) is 17.2. The molecule has 6 rings (SSSR count). The summed E-state index contributed by atoms with van der Waals surface area (Å²) in [5, 5.41) is 3.76. The minimum Gasteiger partial charge on any atom is -0.431 e. The molecule has 4 aromatic carbocycles. The van der Waals surface area contributed by atoms with E-state index in [2.05, 4.69) is 29.2 Å². The summed E-state index contributed by atoms with van der Waals surface area (Å²) in [7, 11) is 1.91. The van der Waals surface area contributed by atoms with Gasteiger partial charge in [-0.05, 0) is 53.3 Å². The van der Waals surface area contributed by atoms with Crippen LogP contribution in [0.4, 0.5) is 5.69 Å². The quantitative estimate of drug-likeness (QED) is 0.328. The van der Waals surface area contributed by atoms with Crippen molar-refractivity contribution < 1.29 is 4.74 Å². The smallest absolute Gasteiger partial charge is 0.269 e. The summed E-state index contributed by atoms with van der Waals surface area (Å²) in [6.07, 6.45) is 0. The number of fused-ring (bicyclic) bond motifs is 5. The summed E-state index contributed by atoms with van der Waals surface area (Å²) >= 11 is 5.58. The third kappa shape index (κ3) is 3.13. The Labute approximate surface area is 189 Å². The molecule has 0 saturated heterocycles. The molecular weight excluding hydrogens is 416 g/mol. The molecule has 0 spiro atoms. The van der Waals surface area contributed by atoms with Crippen molar-refractivity contribution in [3.8, 4) is 5.75 Å². The van der Waals surface area contributed by atoms with Gasteiger partial charge in [0.2, 0.25) is 0 Å². The lowest BCUT2D eigenvalue weighted by Gasteiger charge is -2.20. The minimum absolute atomic E-state index is 0.362. The molecular formula is C26H18N4OS. The number of nitrogens with zero attached hydrogens (tertiary/aromatic N) is 3. The van der Waals surface area contributed by atoms with E-state index in [4.69, 9.17) is 26.9 Å². The van der Waals surface area contributed by atoms with Crippen LogP contribution in [0.25, 0.3) is 43.9 Å². The van der Waals surface area contributed by atoms with E-state index in [1.54, 1.807) is 0 Å². The summed E-state index contributed by atoms with van der Waals surface area (Å²) in [6.45, 7) is 0. The maximum atomic E-state index is 6.01. The second-order valence-corrected chi connectivity index (χ2v) is 8.05. The number of benzene rings is 4. The molecule has 0 aliphatic carbocycles. The Morgan fingerprint density at radius 2 is 1.66 bits per heavy atom. The molecule has 0 aliphatic heterocycles. The maximum Gasteiger partial charge on any atom is 0.269 e. The number of nitrogens with one attached hydrogen (secondary N) is 1. The molecule has 0 amide bonds. The fourth-order valence-corrected chi connectivity index (χ4v) is 4.16. The van der Waals surface area contributed by atoms with Crippen molar-refractivity contribution in [1.29, 1.82) is 0 Å². The van der Waals surface area contributed by atoms with Crippen LogP contribution in [0.5, 0.6) is 5.75 Å². The standard InChI is InChI=1S/C26H18N4OS/c1-30(18-11-10-16-6-2-3-7-17(16)14-18)26(32)31-19-12-13-22-23(15-19)27-24-20-8-4-5-9-21(20)28-25(24)29-22/h2-15H,1H3,(H,28,29). The van der Waals surface area contributed by atoms with Gasteiger partial charge < -0.3 is 14.6 Å². The molecule has 0 bridgehead atoms. The molecule has 2 heterocycles. The first-order valence-corrected chi connectivity index (χ1v) is 10.7. The first kappa shape index (κ1) is 18.7. The zero-order chi connectivity index (χ0) is 21.7. The molecule has 5 nitrogen and oxygen atoms in total. The van der Waals surface area contributed by atoms with Crippen LogP contribution < -0.4 is 9.64 Å². The molecule has 0 unspecified atom stereocenters. The third-order valence-corrected chi connectivity index (χ3v) is 6.03. The van der Waals surface area contributed by atoms with Crippen LogP contribution in [0.15, 0.2) is 84.9 Å². The van der Waals surface area contributed by atoms with E-state index in [1.807, 2.05) is 72.6 Å². The average Bonchev–Trinajstić information content (AvgIpc) is 3.19. The largest absolute Gasteiger partial charge is 0.431 e. The Hall–Kier alpha value is -4.03. The Kier molecular flexibility index (Phi) is 4.26. The molecule has 1 N–H and O–H groups in total. The van der Waals surface area contributed by atoms with Crippen molar-refractivity contribution in [3.63, 3.8) is 0 Å². The maximum absolute atomic E-state index is 6.01. The number of rotatable bonds is 2. The summed E-state index contributed by atoms with van der Waals surface area (Å²) < 4.78 is 6.01. The van der Waals surface area contributed by atoms with Crippen LogP contribution >= 0.6 is 12.2 Å². The van der Waals surface area contributed by atoms with E-state index in [1.165, 1.54) is 5.39 Å². The molecule has 6 aromatic rings. The van der Waals surface area contributed by atoms with Crippen LogP contribution in [0.2, 0.25) is 0 Å². The van der Waals surface area contributed by atoms with E-state index in [0.29, 0.717) is 10.9 Å². The SMILES string of the molecule is CN(C(=S)Oc1ccc2nc3[nH]c4ccccc4c3nc2c1)c1ccc2ccccc2c1. The summed E-state index contributed by atoms with van der Waals surface area (Å²) in [5.74, 6) is 0.628. The molecule has 0 fully saturated rings. The van der Waals surface area contributed by atoms with Gasteiger partial charge in [0.25, 0.3) is 5.17 Å².